The van der Waals surface area contributed by atoms with Gasteiger partial charge in [-0.3, -0.25) is 0 Å². The Bertz CT molecular complexity index is 1410. The van der Waals surface area contributed by atoms with E-state index in [2.05, 4.69) is 140 Å². The van der Waals surface area contributed by atoms with E-state index in [0.29, 0.717) is 12.8 Å². The zero-order valence-electron chi connectivity index (χ0n) is 24.0. The third-order valence-corrected chi connectivity index (χ3v) is 7.78. The van der Waals surface area contributed by atoms with Gasteiger partial charge >= 0.3 is 0 Å². The smallest absolute Gasteiger partial charge is 0.0471 e. The molecular weight excluding hydrogens is 502 g/mol. The molecule has 0 unspecified atom stereocenters. The maximum Gasteiger partial charge on any atom is 0.0471 e. The van der Waals surface area contributed by atoms with E-state index in [-0.39, 0.29) is 19.1 Å². The number of benzene rings is 5. The van der Waals surface area contributed by atoms with Crippen LogP contribution in [0.5, 0.6) is 0 Å². The number of aliphatic hydroxyl groups is 2. The van der Waals surface area contributed by atoms with E-state index < -0.39 is 0 Å². The van der Waals surface area contributed by atoms with E-state index in [4.69, 9.17) is 0 Å². The van der Waals surface area contributed by atoms with Gasteiger partial charge in [0, 0.05) is 36.2 Å². The molecule has 0 aliphatic heterocycles. The Morgan fingerprint density at radius 2 is 0.805 bits per heavy atom. The highest BCUT2D eigenvalue weighted by Gasteiger charge is 2.17. The molecule has 0 radical (unpaired) electrons. The molecule has 2 N–H and O–H groups in total. The first kappa shape index (κ1) is 28.4. The van der Waals surface area contributed by atoms with E-state index in [9.17, 15) is 10.2 Å². The van der Waals surface area contributed by atoms with Gasteiger partial charge in [-0.2, -0.15) is 0 Å². The molecule has 0 atom stereocenters. The Kier molecular flexibility index (Phi) is 9.30. The van der Waals surface area contributed by atoms with Gasteiger partial charge in [0.05, 0.1) is 0 Å². The summed E-state index contributed by atoms with van der Waals surface area (Å²) in [5.74, 6) is 0.192. The molecule has 0 fully saturated rings. The van der Waals surface area contributed by atoms with E-state index >= 15 is 0 Å². The van der Waals surface area contributed by atoms with Gasteiger partial charge < -0.3 is 15.1 Å². The van der Waals surface area contributed by atoms with Crippen LogP contribution in [-0.4, -0.2) is 23.4 Å². The number of anilines is 3. The summed E-state index contributed by atoms with van der Waals surface area (Å²) in [6, 6.07) is 43.6. The summed E-state index contributed by atoms with van der Waals surface area (Å²) >= 11 is 0. The molecule has 0 aliphatic carbocycles. The van der Waals surface area contributed by atoms with Crippen LogP contribution >= 0.6 is 0 Å². The Morgan fingerprint density at radius 1 is 0.463 bits per heavy atom. The summed E-state index contributed by atoms with van der Waals surface area (Å²) in [6.45, 7) is 4.55. The Balaban J connectivity index is 1.46. The van der Waals surface area contributed by atoms with Crippen molar-refractivity contribution in [1.29, 1.82) is 0 Å². The summed E-state index contributed by atoms with van der Waals surface area (Å²) in [5.41, 5.74) is 11.9. The Hall–Kier alpha value is -4.18. The number of hydrogen-bond donors (Lipinski definition) is 2. The van der Waals surface area contributed by atoms with Crippen molar-refractivity contribution in [3.05, 3.63) is 160 Å². The number of aryl methyl sites for hydroxylation is 2. The first-order chi connectivity index (χ1) is 20.0. The molecule has 3 nitrogen and oxygen atoms in total. The van der Waals surface area contributed by atoms with Crippen molar-refractivity contribution in [2.45, 2.75) is 39.0 Å². The molecule has 208 valence electrons. The summed E-state index contributed by atoms with van der Waals surface area (Å²) in [7, 11) is 0. The maximum atomic E-state index is 9.35. The van der Waals surface area contributed by atoms with Gasteiger partial charge in [-0.15, -0.1) is 0 Å². The van der Waals surface area contributed by atoms with Gasteiger partial charge in [0.25, 0.3) is 0 Å². The summed E-state index contributed by atoms with van der Waals surface area (Å²) in [6.07, 6.45) is 2.20. The predicted molar refractivity (Wildman–Crippen MR) is 171 cm³/mol. The molecular formula is C38H39NO2. The van der Waals surface area contributed by atoms with Crippen molar-refractivity contribution < 1.29 is 10.2 Å². The highest BCUT2D eigenvalue weighted by Crippen LogP contribution is 2.36. The molecule has 0 bridgehead atoms. The second-order valence-corrected chi connectivity index (χ2v) is 10.9. The van der Waals surface area contributed by atoms with Crippen molar-refractivity contribution in [2.75, 3.05) is 18.1 Å². The van der Waals surface area contributed by atoms with Crippen molar-refractivity contribution in [3.63, 3.8) is 0 Å². The van der Waals surface area contributed by atoms with Gasteiger partial charge in [-0.25, -0.2) is 0 Å². The van der Waals surface area contributed by atoms with Crippen molar-refractivity contribution in [3.8, 4) is 0 Å². The summed E-state index contributed by atoms with van der Waals surface area (Å²) in [4.78, 5) is 2.31. The number of hydrogen-bond acceptors (Lipinski definition) is 3. The molecule has 5 aromatic carbocycles. The van der Waals surface area contributed by atoms with Crippen LogP contribution in [0, 0.1) is 13.8 Å². The minimum absolute atomic E-state index is 0.156. The Morgan fingerprint density at radius 3 is 1.17 bits per heavy atom. The molecule has 0 saturated heterocycles. The SMILES string of the molecule is Cc1ccc(N(c2ccc(C)cc2)c2ccc(CC(c3ccc(CCO)cc3)c3ccc(CCO)cc3)cc2)cc1. The van der Waals surface area contributed by atoms with Gasteiger partial charge in [-0.05, 0) is 97.3 Å². The highest BCUT2D eigenvalue weighted by molar-refractivity contribution is 5.76. The minimum atomic E-state index is 0.156. The lowest BCUT2D eigenvalue weighted by molar-refractivity contribution is 0.299. The standard InChI is InChI=1S/C38H39NO2/c1-28-3-17-35(18-4-28)39(36-19-5-29(2)6-20-36)37-21-11-32(12-22-37)27-38(33-13-7-30(8-14-33)23-25-40)34-15-9-31(10-16-34)24-26-41/h3-22,38,40-41H,23-27H2,1-2H3. The van der Waals surface area contributed by atoms with E-state index in [1.807, 2.05) is 0 Å². The molecule has 5 rings (SSSR count). The van der Waals surface area contributed by atoms with Crippen LogP contribution < -0.4 is 4.90 Å². The first-order valence-electron chi connectivity index (χ1n) is 14.5. The van der Waals surface area contributed by atoms with E-state index in [1.54, 1.807) is 0 Å². The van der Waals surface area contributed by atoms with Crippen LogP contribution in [0.1, 0.15) is 44.9 Å². The monoisotopic (exact) mass is 541 g/mol. The van der Waals surface area contributed by atoms with Gasteiger partial charge in [-0.1, -0.05) is 96.1 Å². The van der Waals surface area contributed by atoms with Crippen molar-refractivity contribution in [2.24, 2.45) is 0 Å². The number of aliphatic hydroxyl groups excluding tert-OH is 2. The third kappa shape index (κ3) is 7.13. The first-order valence-corrected chi connectivity index (χ1v) is 14.5. The van der Waals surface area contributed by atoms with Crippen LogP contribution in [0.4, 0.5) is 17.1 Å². The molecule has 0 aliphatic rings. The zero-order valence-corrected chi connectivity index (χ0v) is 24.0. The highest BCUT2D eigenvalue weighted by atomic mass is 16.3. The van der Waals surface area contributed by atoms with Crippen LogP contribution in [0.2, 0.25) is 0 Å². The fraction of sp³-hybridized carbons (Fsp3) is 0.211. The fourth-order valence-corrected chi connectivity index (χ4v) is 5.37. The third-order valence-electron chi connectivity index (χ3n) is 7.78. The summed E-state index contributed by atoms with van der Waals surface area (Å²) in [5, 5.41) is 18.7. The lowest BCUT2D eigenvalue weighted by atomic mass is 9.85. The molecule has 0 aromatic heterocycles. The zero-order chi connectivity index (χ0) is 28.6. The largest absolute Gasteiger partial charge is 0.396 e. The molecule has 0 heterocycles. The quantitative estimate of drug-likeness (QED) is 0.177. The summed E-state index contributed by atoms with van der Waals surface area (Å²) < 4.78 is 0. The van der Waals surface area contributed by atoms with Crippen LogP contribution in [0.25, 0.3) is 0 Å². The fourth-order valence-electron chi connectivity index (χ4n) is 5.37. The molecule has 0 saturated carbocycles. The lowest BCUT2D eigenvalue weighted by Crippen LogP contribution is -2.10. The van der Waals surface area contributed by atoms with Gasteiger partial charge in [0.15, 0.2) is 0 Å². The average Bonchev–Trinajstić information content (AvgIpc) is 3.00. The maximum absolute atomic E-state index is 9.35. The number of rotatable bonds is 11. The topological polar surface area (TPSA) is 43.7 Å². The van der Waals surface area contributed by atoms with Crippen molar-refractivity contribution >= 4 is 17.1 Å². The van der Waals surface area contributed by atoms with Crippen molar-refractivity contribution in [1.82, 2.24) is 0 Å². The predicted octanol–water partition coefficient (Wildman–Crippen LogP) is 8.22. The molecule has 0 spiro atoms. The molecule has 3 heteroatoms. The van der Waals surface area contributed by atoms with E-state index in [0.717, 1.165) is 34.6 Å². The van der Waals surface area contributed by atoms with Gasteiger partial charge in [0.1, 0.15) is 0 Å². The second-order valence-electron chi connectivity index (χ2n) is 10.9. The van der Waals surface area contributed by atoms with Crippen LogP contribution in [0.3, 0.4) is 0 Å². The number of nitrogens with zero attached hydrogens (tertiary/aromatic N) is 1. The minimum Gasteiger partial charge on any atom is -0.396 e. The second kappa shape index (κ2) is 13.5. The lowest BCUT2D eigenvalue weighted by Gasteiger charge is -2.26. The normalized spacial score (nSPS) is 11.1. The molecule has 0 amide bonds. The van der Waals surface area contributed by atoms with Gasteiger partial charge in [0.2, 0.25) is 0 Å². The van der Waals surface area contributed by atoms with Crippen LogP contribution in [0.15, 0.2) is 121 Å². The average molecular weight is 542 g/mol. The Labute approximate surface area is 244 Å². The molecule has 5 aromatic rings. The van der Waals surface area contributed by atoms with E-state index in [1.165, 1.54) is 27.8 Å². The van der Waals surface area contributed by atoms with Crippen LogP contribution in [-0.2, 0) is 19.3 Å². The molecule has 41 heavy (non-hydrogen) atoms.